The van der Waals surface area contributed by atoms with Gasteiger partial charge in [0.05, 0.1) is 23.3 Å². The molecule has 2 aromatic heterocycles. The number of benzene rings is 1. The molecule has 0 radical (unpaired) electrons. The van der Waals surface area contributed by atoms with Crippen LogP contribution >= 0.6 is 11.8 Å². The van der Waals surface area contributed by atoms with Gasteiger partial charge in [0, 0.05) is 31.1 Å². The molecule has 1 N–H and O–H groups in total. The van der Waals surface area contributed by atoms with E-state index in [1.807, 2.05) is 16.8 Å². The van der Waals surface area contributed by atoms with E-state index in [1.54, 1.807) is 11.8 Å². The minimum Gasteiger partial charge on any atom is -0.350 e. The fourth-order valence-electron chi connectivity index (χ4n) is 3.29. The molecule has 25 heavy (non-hydrogen) atoms. The fraction of sp³-hybridized carbons (Fsp3) is 0.353. The Balaban J connectivity index is 1.47. The number of para-hydroxylation sites is 1. The Hall–Kier alpha value is -2.16. The number of nitrogens with zero attached hydrogens (tertiary/aromatic N) is 6. The predicted molar refractivity (Wildman–Crippen MR) is 97.4 cm³/mol. The highest BCUT2D eigenvalue weighted by molar-refractivity contribution is 7.99. The number of hydrogen-bond donors (Lipinski definition) is 1. The Morgan fingerprint density at radius 2 is 1.92 bits per heavy atom. The van der Waals surface area contributed by atoms with Crippen molar-refractivity contribution in [3.63, 3.8) is 0 Å². The van der Waals surface area contributed by atoms with Crippen molar-refractivity contribution < 1.29 is 0 Å². The van der Waals surface area contributed by atoms with E-state index in [-0.39, 0.29) is 0 Å². The summed E-state index contributed by atoms with van der Waals surface area (Å²) < 4.78 is 1.87. The zero-order valence-electron chi connectivity index (χ0n) is 14.0. The van der Waals surface area contributed by atoms with Crippen LogP contribution in [-0.4, -0.2) is 62.8 Å². The molecule has 5 rings (SSSR count). The van der Waals surface area contributed by atoms with E-state index in [2.05, 4.69) is 55.7 Å². The zero-order valence-corrected chi connectivity index (χ0v) is 14.8. The first-order chi connectivity index (χ1) is 12.3. The molecule has 8 heteroatoms. The van der Waals surface area contributed by atoms with Gasteiger partial charge in [-0.25, -0.2) is 0 Å². The van der Waals surface area contributed by atoms with Crippen LogP contribution in [0.25, 0.3) is 5.65 Å². The van der Waals surface area contributed by atoms with Crippen LogP contribution in [-0.2, 0) is 6.54 Å². The molecular weight excluding hydrogens is 334 g/mol. The van der Waals surface area contributed by atoms with Crippen molar-refractivity contribution in [2.24, 2.45) is 0 Å². The van der Waals surface area contributed by atoms with E-state index in [0.717, 1.165) is 60.5 Å². The summed E-state index contributed by atoms with van der Waals surface area (Å²) in [7, 11) is 2.17. The molecule has 2 aliphatic rings. The van der Waals surface area contributed by atoms with Crippen LogP contribution < -0.4 is 5.32 Å². The van der Waals surface area contributed by atoms with Crippen molar-refractivity contribution >= 4 is 28.8 Å². The first-order valence-electron chi connectivity index (χ1n) is 8.46. The standard InChI is InChI=1S/C17H19N7S/c1-22-6-8-23(9-7-22)11-15-20-21-17-16-14(10-18-24(15)17)25-13-5-3-2-4-12(13)19-16/h2-5,10,19H,6-9,11H2,1H3. The summed E-state index contributed by atoms with van der Waals surface area (Å²) in [5.74, 6) is 0.896. The summed E-state index contributed by atoms with van der Waals surface area (Å²) in [6.07, 6.45) is 1.91. The Kier molecular flexibility index (Phi) is 3.61. The highest BCUT2D eigenvalue weighted by atomic mass is 32.2. The lowest BCUT2D eigenvalue weighted by molar-refractivity contribution is 0.144. The SMILES string of the molecule is CN1CCN(Cc2nnc3c4c(cnn23)Sc2ccccc2N4)CC1. The third-order valence-electron chi connectivity index (χ3n) is 4.79. The lowest BCUT2D eigenvalue weighted by atomic mass is 10.3. The molecule has 1 saturated heterocycles. The van der Waals surface area contributed by atoms with Gasteiger partial charge in [-0.15, -0.1) is 10.2 Å². The van der Waals surface area contributed by atoms with Crippen molar-refractivity contribution in [1.29, 1.82) is 0 Å². The van der Waals surface area contributed by atoms with Crippen LogP contribution in [0, 0.1) is 0 Å². The van der Waals surface area contributed by atoms with E-state index in [1.165, 1.54) is 4.90 Å². The zero-order chi connectivity index (χ0) is 16.8. The lowest BCUT2D eigenvalue weighted by Crippen LogP contribution is -2.44. The van der Waals surface area contributed by atoms with Gasteiger partial charge in [0.25, 0.3) is 0 Å². The molecule has 0 bridgehead atoms. The molecule has 3 aromatic rings. The number of piperazine rings is 1. The summed E-state index contributed by atoms with van der Waals surface area (Å²) >= 11 is 1.72. The van der Waals surface area contributed by atoms with Crippen LogP contribution in [0.5, 0.6) is 0 Å². The largest absolute Gasteiger partial charge is 0.350 e. The monoisotopic (exact) mass is 353 g/mol. The van der Waals surface area contributed by atoms with Crippen molar-refractivity contribution in [3.8, 4) is 0 Å². The van der Waals surface area contributed by atoms with Crippen molar-refractivity contribution in [3.05, 3.63) is 36.3 Å². The number of aromatic nitrogens is 4. The minimum absolute atomic E-state index is 0.782. The molecule has 0 unspecified atom stereocenters. The van der Waals surface area contributed by atoms with Crippen molar-refractivity contribution in [1.82, 2.24) is 29.6 Å². The smallest absolute Gasteiger partial charge is 0.202 e. The van der Waals surface area contributed by atoms with Gasteiger partial charge >= 0.3 is 0 Å². The minimum atomic E-state index is 0.782. The molecule has 4 heterocycles. The maximum absolute atomic E-state index is 4.60. The van der Waals surface area contributed by atoms with Gasteiger partial charge in [-0.3, -0.25) is 4.90 Å². The van der Waals surface area contributed by atoms with Gasteiger partial charge in [-0.05, 0) is 19.2 Å². The second kappa shape index (κ2) is 5.98. The third-order valence-corrected chi connectivity index (χ3v) is 5.90. The number of fused-ring (bicyclic) bond motifs is 4. The van der Waals surface area contributed by atoms with Gasteiger partial charge in [-0.1, -0.05) is 23.9 Å². The second-order valence-corrected chi connectivity index (χ2v) is 7.62. The van der Waals surface area contributed by atoms with E-state index >= 15 is 0 Å². The lowest BCUT2D eigenvalue weighted by Gasteiger charge is -2.31. The number of nitrogens with one attached hydrogen (secondary N) is 1. The summed E-state index contributed by atoms with van der Waals surface area (Å²) in [6.45, 7) is 5.07. The number of hydrogen-bond acceptors (Lipinski definition) is 7. The molecule has 0 amide bonds. The quantitative estimate of drug-likeness (QED) is 0.592. The summed E-state index contributed by atoms with van der Waals surface area (Å²) in [6, 6.07) is 8.29. The number of rotatable bonds is 2. The normalized spacial score (nSPS) is 18.0. The van der Waals surface area contributed by atoms with E-state index in [9.17, 15) is 0 Å². The van der Waals surface area contributed by atoms with Gasteiger partial charge in [-0.2, -0.15) is 9.61 Å². The molecule has 2 aliphatic heterocycles. The Labute approximate surface area is 150 Å². The number of anilines is 2. The van der Waals surface area contributed by atoms with Crippen LogP contribution in [0.15, 0.2) is 40.3 Å². The maximum atomic E-state index is 4.60. The molecule has 1 aromatic carbocycles. The van der Waals surface area contributed by atoms with Crippen LogP contribution in [0.4, 0.5) is 11.4 Å². The predicted octanol–water partition coefficient (Wildman–Crippen LogP) is 2.08. The second-order valence-electron chi connectivity index (χ2n) is 6.54. The summed E-state index contributed by atoms with van der Waals surface area (Å²) in [5, 5.41) is 16.9. The first-order valence-corrected chi connectivity index (χ1v) is 9.28. The third kappa shape index (κ3) is 2.66. The Bertz CT molecular complexity index is 930. The van der Waals surface area contributed by atoms with Gasteiger partial charge in [0.2, 0.25) is 5.65 Å². The van der Waals surface area contributed by atoms with Crippen LogP contribution in [0.1, 0.15) is 5.82 Å². The summed E-state index contributed by atoms with van der Waals surface area (Å²) in [5.41, 5.74) is 2.90. The van der Waals surface area contributed by atoms with E-state index < -0.39 is 0 Å². The Morgan fingerprint density at radius 1 is 1.08 bits per heavy atom. The van der Waals surface area contributed by atoms with Crippen molar-refractivity contribution in [2.75, 3.05) is 38.5 Å². The molecule has 0 saturated carbocycles. The molecule has 0 spiro atoms. The summed E-state index contributed by atoms with van der Waals surface area (Å²) in [4.78, 5) is 7.06. The molecule has 0 atom stereocenters. The van der Waals surface area contributed by atoms with Crippen LogP contribution in [0.3, 0.4) is 0 Å². The molecule has 0 aliphatic carbocycles. The average molecular weight is 353 g/mol. The molecule has 1 fully saturated rings. The topological polar surface area (TPSA) is 61.6 Å². The van der Waals surface area contributed by atoms with Gasteiger partial charge in [0.1, 0.15) is 5.69 Å². The van der Waals surface area contributed by atoms with Crippen molar-refractivity contribution in [2.45, 2.75) is 16.3 Å². The first kappa shape index (κ1) is 15.1. The fourth-order valence-corrected chi connectivity index (χ4v) is 4.24. The highest BCUT2D eigenvalue weighted by Crippen LogP contribution is 2.44. The Morgan fingerprint density at radius 3 is 2.80 bits per heavy atom. The van der Waals surface area contributed by atoms with E-state index in [4.69, 9.17) is 0 Å². The number of likely N-dealkylation sites (N-methyl/N-ethyl adjacent to an activating group) is 1. The van der Waals surface area contributed by atoms with E-state index in [0.29, 0.717) is 0 Å². The van der Waals surface area contributed by atoms with Gasteiger partial charge < -0.3 is 10.2 Å². The average Bonchev–Trinajstić information content (AvgIpc) is 3.05. The molecular formula is C17H19N7S. The maximum Gasteiger partial charge on any atom is 0.202 e. The molecule has 128 valence electrons. The van der Waals surface area contributed by atoms with Gasteiger partial charge in [0.15, 0.2) is 5.82 Å². The molecule has 7 nitrogen and oxygen atoms in total. The van der Waals surface area contributed by atoms with Crippen LogP contribution in [0.2, 0.25) is 0 Å². The highest BCUT2D eigenvalue weighted by Gasteiger charge is 2.22.